The van der Waals surface area contributed by atoms with Gasteiger partial charge in [0.25, 0.3) is 5.56 Å². The molecule has 0 amide bonds. The number of rotatable bonds is 5. The van der Waals surface area contributed by atoms with Crippen LogP contribution in [-0.2, 0) is 13.1 Å². The minimum atomic E-state index is -0.0804. The van der Waals surface area contributed by atoms with Gasteiger partial charge >= 0.3 is 0 Å². The van der Waals surface area contributed by atoms with E-state index >= 15 is 0 Å². The summed E-state index contributed by atoms with van der Waals surface area (Å²) in [6.45, 7) is 0.922. The van der Waals surface area contributed by atoms with Crippen LogP contribution in [0.25, 0.3) is 11.2 Å². The summed E-state index contributed by atoms with van der Waals surface area (Å²) in [7, 11) is 1.62. The van der Waals surface area contributed by atoms with Crippen LogP contribution in [0.2, 0.25) is 10.4 Å². The molecule has 0 spiro atoms. The van der Waals surface area contributed by atoms with Crippen LogP contribution in [0.3, 0.4) is 0 Å². The molecule has 28 heavy (non-hydrogen) atoms. The Morgan fingerprint density at radius 3 is 2.43 bits per heavy atom. The molecule has 3 heterocycles. The summed E-state index contributed by atoms with van der Waals surface area (Å²) in [5.74, 6) is 0.774. The third-order valence-corrected chi connectivity index (χ3v) is 4.74. The second kappa shape index (κ2) is 7.61. The van der Waals surface area contributed by atoms with E-state index in [1.54, 1.807) is 30.1 Å². The summed E-state index contributed by atoms with van der Waals surface area (Å²) < 4.78 is 8.65. The number of nitrogens with zero attached hydrogens (tertiary/aromatic N) is 5. The Kier molecular flexibility index (Phi) is 5.02. The molecule has 0 unspecified atom stereocenters. The number of ether oxygens (including phenoxy) is 1. The molecular weight excluding hydrogens is 401 g/mol. The number of hydrogen-bond donors (Lipinski definition) is 0. The standard InChI is InChI=1S/C19H15Cl2N5O2/c1-28-14-5-2-12(3-6-14)8-25-9-13(4-7-15(25)27)10-26-11-22-18-16(26)17(20)23-19(21)24-18/h2-7,9,11H,8,10H2,1H3. The topological polar surface area (TPSA) is 74.8 Å². The molecule has 4 rings (SSSR count). The molecule has 142 valence electrons. The Bertz CT molecular complexity index is 1200. The minimum Gasteiger partial charge on any atom is -0.497 e. The first-order valence-corrected chi connectivity index (χ1v) is 9.15. The first-order valence-electron chi connectivity index (χ1n) is 8.39. The van der Waals surface area contributed by atoms with Crippen molar-refractivity contribution < 1.29 is 4.74 Å². The molecule has 0 saturated carbocycles. The molecule has 4 aromatic rings. The lowest BCUT2D eigenvalue weighted by molar-refractivity contribution is 0.414. The van der Waals surface area contributed by atoms with Crippen molar-refractivity contribution in [1.29, 1.82) is 0 Å². The summed E-state index contributed by atoms with van der Waals surface area (Å²) in [5, 5.41) is 0.287. The van der Waals surface area contributed by atoms with Crippen molar-refractivity contribution in [3.63, 3.8) is 0 Å². The van der Waals surface area contributed by atoms with Crippen molar-refractivity contribution in [2.75, 3.05) is 7.11 Å². The minimum absolute atomic E-state index is 0.0517. The zero-order chi connectivity index (χ0) is 19.7. The smallest absolute Gasteiger partial charge is 0.250 e. The van der Waals surface area contributed by atoms with Crippen molar-refractivity contribution >= 4 is 34.4 Å². The van der Waals surface area contributed by atoms with E-state index in [1.165, 1.54) is 0 Å². The number of imidazole rings is 1. The number of pyridine rings is 1. The highest BCUT2D eigenvalue weighted by Crippen LogP contribution is 2.22. The van der Waals surface area contributed by atoms with Gasteiger partial charge in [0.15, 0.2) is 10.8 Å². The lowest BCUT2D eigenvalue weighted by Crippen LogP contribution is -2.20. The number of fused-ring (bicyclic) bond motifs is 1. The predicted octanol–water partition coefficient (Wildman–Crippen LogP) is 3.40. The van der Waals surface area contributed by atoms with Gasteiger partial charge in [0.1, 0.15) is 11.3 Å². The highest BCUT2D eigenvalue weighted by molar-refractivity contribution is 6.35. The molecule has 0 N–H and O–H groups in total. The van der Waals surface area contributed by atoms with Crippen LogP contribution in [0.4, 0.5) is 0 Å². The summed E-state index contributed by atoms with van der Waals surface area (Å²) in [6.07, 6.45) is 3.45. The molecule has 9 heteroatoms. The maximum absolute atomic E-state index is 12.3. The van der Waals surface area contributed by atoms with Gasteiger partial charge in [-0.25, -0.2) is 9.97 Å². The third kappa shape index (κ3) is 3.72. The number of aromatic nitrogens is 5. The fourth-order valence-corrected chi connectivity index (χ4v) is 3.43. The van der Waals surface area contributed by atoms with Crippen molar-refractivity contribution in [1.82, 2.24) is 24.1 Å². The molecule has 0 saturated heterocycles. The van der Waals surface area contributed by atoms with Crippen molar-refractivity contribution in [3.8, 4) is 5.75 Å². The second-order valence-corrected chi connectivity index (χ2v) is 6.88. The Morgan fingerprint density at radius 1 is 0.964 bits per heavy atom. The van der Waals surface area contributed by atoms with Gasteiger partial charge in [-0.15, -0.1) is 0 Å². The maximum Gasteiger partial charge on any atom is 0.250 e. The SMILES string of the molecule is COc1ccc(Cn2cc(Cn3cnc4nc(Cl)nc(Cl)c43)ccc2=O)cc1. The van der Waals surface area contributed by atoms with Crippen LogP contribution in [0, 0.1) is 0 Å². The fraction of sp³-hybridized carbons (Fsp3) is 0.158. The molecule has 0 radical (unpaired) electrons. The number of halogens is 2. The summed E-state index contributed by atoms with van der Waals surface area (Å²) in [6, 6.07) is 10.9. The van der Waals surface area contributed by atoms with Gasteiger partial charge in [0.05, 0.1) is 26.5 Å². The van der Waals surface area contributed by atoms with Crippen LogP contribution in [-0.4, -0.2) is 31.2 Å². The van der Waals surface area contributed by atoms with Crippen LogP contribution >= 0.6 is 23.2 Å². The average Bonchev–Trinajstić information content (AvgIpc) is 3.08. The van der Waals surface area contributed by atoms with Crippen molar-refractivity contribution in [2.24, 2.45) is 0 Å². The van der Waals surface area contributed by atoms with E-state index in [0.717, 1.165) is 16.9 Å². The van der Waals surface area contributed by atoms with E-state index in [9.17, 15) is 4.79 Å². The monoisotopic (exact) mass is 415 g/mol. The Morgan fingerprint density at radius 2 is 1.68 bits per heavy atom. The number of benzene rings is 1. The van der Waals surface area contributed by atoms with Gasteiger partial charge in [0.2, 0.25) is 5.28 Å². The van der Waals surface area contributed by atoms with Crippen LogP contribution in [0.5, 0.6) is 5.75 Å². The summed E-state index contributed by atoms with van der Waals surface area (Å²) in [5.41, 5.74) is 2.86. The molecule has 1 aromatic carbocycles. The molecule has 7 nitrogen and oxygen atoms in total. The van der Waals surface area contributed by atoms with Crippen molar-refractivity contribution in [2.45, 2.75) is 13.1 Å². The lowest BCUT2D eigenvalue weighted by atomic mass is 10.2. The third-order valence-electron chi connectivity index (χ3n) is 4.31. The first-order chi connectivity index (χ1) is 13.5. The highest BCUT2D eigenvalue weighted by atomic mass is 35.5. The van der Waals surface area contributed by atoms with E-state index in [-0.39, 0.29) is 16.0 Å². The molecular formula is C19H15Cl2N5O2. The average molecular weight is 416 g/mol. The normalized spacial score (nSPS) is 11.1. The summed E-state index contributed by atoms with van der Waals surface area (Å²) >= 11 is 12.0. The van der Waals surface area contributed by atoms with Gasteiger partial charge in [-0.05, 0) is 34.9 Å². The molecule has 0 fully saturated rings. The quantitative estimate of drug-likeness (QED) is 0.368. The maximum atomic E-state index is 12.3. The lowest BCUT2D eigenvalue weighted by Gasteiger charge is -2.10. The van der Waals surface area contributed by atoms with Crippen LogP contribution in [0.1, 0.15) is 11.1 Å². The molecule has 0 aliphatic rings. The van der Waals surface area contributed by atoms with Gasteiger partial charge in [-0.2, -0.15) is 4.98 Å². The van der Waals surface area contributed by atoms with Crippen LogP contribution in [0.15, 0.2) is 53.7 Å². The molecule has 0 aliphatic carbocycles. The highest BCUT2D eigenvalue weighted by Gasteiger charge is 2.12. The van der Waals surface area contributed by atoms with Gasteiger partial charge in [0, 0.05) is 12.3 Å². The van der Waals surface area contributed by atoms with E-state index in [2.05, 4.69) is 15.0 Å². The van der Waals surface area contributed by atoms with E-state index in [0.29, 0.717) is 24.3 Å². The largest absolute Gasteiger partial charge is 0.497 e. The Hall–Kier alpha value is -2.90. The fourth-order valence-electron chi connectivity index (χ4n) is 2.95. The van der Waals surface area contributed by atoms with Gasteiger partial charge < -0.3 is 13.9 Å². The predicted molar refractivity (Wildman–Crippen MR) is 107 cm³/mol. The Balaban J connectivity index is 1.63. The van der Waals surface area contributed by atoms with Crippen LogP contribution < -0.4 is 10.3 Å². The number of hydrogen-bond acceptors (Lipinski definition) is 5. The van der Waals surface area contributed by atoms with E-state index in [1.807, 2.05) is 35.0 Å². The van der Waals surface area contributed by atoms with E-state index < -0.39 is 0 Å². The second-order valence-electron chi connectivity index (χ2n) is 6.18. The van der Waals surface area contributed by atoms with Gasteiger partial charge in [-0.3, -0.25) is 4.79 Å². The first kappa shape index (κ1) is 18.5. The number of methoxy groups -OCH3 is 1. The zero-order valence-electron chi connectivity index (χ0n) is 14.8. The Labute approximate surface area is 170 Å². The molecule has 0 bridgehead atoms. The van der Waals surface area contributed by atoms with E-state index in [4.69, 9.17) is 27.9 Å². The zero-order valence-corrected chi connectivity index (χ0v) is 16.4. The van der Waals surface area contributed by atoms with Gasteiger partial charge in [-0.1, -0.05) is 29.8 Å². The molecule has 0 aliphatic heterocycles. The molecule has 3 aromatic heterocycles. The summed E-state index contributed by atoms with van der Waals surface area (Å²) in [4.78, 5) is 24.5. The van der Waals surface area contributed by atoms with Crippen molar-refractivity contribution in [3.05, 3.63) is 80.8 Å². The molecule has 0 atom stereocenters.